The Bertz CT molecular complexity index is 780. The summed E-state index contributed by atoms with van der Waals surface area (Å²) in [7, 11) is -1.91. The van der Waals surface area contributed by atoms with Gasteiger partial charge in [0.1, 0.15) is 0 Å². The molecule has 7 heteroatoms. The Morgan fingerprint density at radius 2 is 2.08 bits per heavy atom. The molecule has 1 amide bonds. The van der Waals surface area contributed by atoms with Crippen LogP contribution in [0.15, 0.2) is 17.0 Å². The van der Waals surface area contributed by atoms with Crippen LogP contribution >= 0.6 is 0 Å². The van der Waals surface area contributed by atoms with Gasteiger partial charge in [0.25, 0.3) is 0 Å². The molecule has 6 nitrogen and oxygen atoms in total. The van der Waals surface area contributed by atoms with Gasteiger partial charge in [-0.15, -0.1) is 0 Å². The second-order valence-corrected chi connectivity index (χ2v) is 8.88. The topological polar surface area (TPSA) is 75.7 Å². The molecule has 1 saturated heterocycles. The highest BCUT2D eigenvalue weighted by atomic mass is 32.2. The quantitative estimate of drug-likeness (QED) is 0.895. The minimum atomic E-state index is -3.64. The normalized spacial score (nSPS) is 22.9. The maximum Gasteiger partial charge on any atom is 0.240 e. The van der Waals surface area contributed by atoms with Gasteiger partial charge in [0, 0.05) is 20.2 Å². The van der Waals surface area contributed by atoms with E-state index in [4.69, 9.17) is 4.74 Å². The second-order valence-electron chi connectivity index (χ2n) is 7.11. The smallest absolute Gasteiger partial charge is 0.240 e. The Morgan fingerprint density at radius 1 is 1.38 bits per heavy atom. The maximum absolute atomic E-state index is 12.6. The summed E-state index contributed by atoms with van der Waals surface area (Å²) in [6.45, 7) is 6.46. The fourth-order valence-electron chi connectivity index (χ4n) is 3.55. The first kappa shape index (κ1) is 17.4. The summed E-state index contributed by atoms with van der Waals surface area (Å²) in [6, 6.07) is 3.25. The van der Waals surface area contributed by atoms with Crippen molar-refractivity contribution in [1.82, 2.24) is 4.72 Å². The van der Waals surface area contributed by atoms with Crippen LogP contribution in [0, 0.1) is 6.92 Å². The number of likely N-dealkylation sites (N-methyl/N-ethyl adjacent to an activating group) is 1. The van der Waals surface area contributed by atoms with Crippen LogP contribution in [0.3, 0.4) is 0 Å². The van der Waals surface area contributed by atoms with Gasteiger partial charge in [0.15, 0.2) is 0 Å². The van der Waals surface area contributed by atoms with Crippen molar-refractivity contribution in [1.29, 1.82) is 0 Å². The molecule has 2 aliphatic rings. The van der Waals surface area contributed by atoms with Crippen molar-refractivity contribution in [2.24, 2.45) is 0 Å². The Balaban J connectivity index is 1.94. The molecule has 1 aromatic rings. The molecule has 0 aromatic heterocycles. The zero-order valence-electron chi connectivity index (χ0n) is 14.5. The number of sulfonamides is 1. The molecule has 2 heterocycles. The number of carbonyl (C=O) groups excluding carboxylic acids is 1. The molecule has 0 aliphatic carbocycles. The molecule has 2 aliphatic heterocycles. The Morgan fingerprint density at radius 3 is 2.71 bits per heavy atom. The minimum absolute atomic E-state index is 0.0255. The van der Waals surface area contributed by atoms with Gasteiger partial charge in [-0.1, -0.05) is 0 Å². The standard InChI is InChI=1S/C17H24N2O4S/c1-11-8-13(24(21,22)18-10-12-6-5-7-23-12)9-14-15(11)19(4)16(20)17(14,2)3/h8-9,12,18H,5-7,10H2,1-4H3. The van der Waals surface area contributed by atoms with Crippen LogP contribution in [0.1, 0.15) is 37.8 Å². The summed E-state index contributed by atoms with van der Waals surface area (Å²) in [4.78, 5) is 14.3. The van der Waals surface area contributed by atoms with E-state index in [1.165, 1.54) is 0 Å². The third kappa shape index (κ3) is 2.74. The summed E-state index contributed by atoms with van der Waals surface area (Å²) in [5.74, 6) is -0.0255. The molecule has 1 N–H and O–H groups in total. The highest BCUT2D eigenvalue weighted by Gasteiger charge is 2.43. The molecule has 0 bridgehead atoms. The molecule has 132 valence electrons. The summed E-state index contributed by atoms with van der Waals surface area (Å²) in [5.41, 5.74) is 1.62. The highest BCUT2D eigenvalue weighted by Crippen LogP contribution is 2.43. The van der Waals surface area contributed by atoms with Crippen molar-refractivity contribution in [3.63, 3.8) is 0 Å². The number of fused-ring (bicyclic) bond motifs is 1. The van der Waals surface area contributed by atoms with E-state index in [-0.39, 0.29) is 23.5 Å². The lowest BCUT2D eigenvalue weighted by molar-refractivity contribution is -0.121. The van der Waals surface area contributed by atoms with Crippen LogP contribution in [0.2, 0.25) is 0 Å². The number of carbonyl (C=O) groups is 1. The van der Waals surface area contributed by atoms with E-state index in [0.717, 1.165) is 29.7 Å². The SMILES string of the molecule is Cc1cc(S(=O)(=O)NCC2CCCO2)cc2c1N(C)C(=O)C2(C)C. The Hall–Kier alpha value is -1.44. The lowest BCUT2D eigenvalue weighted by atomic mass is 9.85. The number of nitrogens with one attached hydrogen (secondary N) is 1. The van der Waals surface area contributed by atoms with E-state index >= 15 is 0 Å². The van der Waals surface area contributed by atoms with E-state index < -0.39 is 15.4 Å². The summed E-state index contributed by atoms with van der Waals surface area (Å²) in [5, 5.41) is 0. The third-order valence-electron chi connectivity index (χ3n) is 4.96. The van der Waals surface area contributed by atoms with E-state index in [9.17, 15) is 13.2 Å². The van der Waals surface area contributed by atoms with E-state index in [2.05, 4.69) is 4.72 Å². The molecule has 1 unspecified atom stereocenters. The first-order chi connectivity index (χ1) is 11.1. The number of rotatable bonds is 4. The number of anilines is 1. The van der Waals surface area contributed by atoms with E-state index in [1.54, 1.807) is 24.1 Å². The monoisotopic (exact) mass is 352 g/mol. The predicted molar refractivity (Wildman–Crippen MR) is 91.8 cm³/mol. The van der Waals surface area contributed by atoms with Crippen LogP contribution in [0.5, 0.6) is 0 Å². The number of benzene rings is 1. The maximum atomic E-state index is 12.6. The zero-order chi connectivity index (χ0) is 17.7. The van der Waals surface area contributed by atoms with Crippen molar-refractivity contribution in [3.05, 3.63) is 23.3 Å². The molecule has 3 rings (SSSR count). The van der Waals surface area contributed by atoms with Crippen molar-refractivity contribution in [2.45, 2.75) is 50.0 Å². The number of hydrogen-bond donors (Lipinski definition) is 1. The van der Waals surface area contributed by atoms with Crippen molar-refractivity contribution < 1.29 is 17.9 Å². The van der Waals surface area contributed by atoms with Crippen molar-refractivity contribution >= 4 is 21.6 Å². The molecule has 24 heavy (non-hydrogen) atoms. The Kier molecular flexibility index (Phi) is 4.22. The van der Waals surface area contributed by atoms with E-state index in [1.807, 2.05) is 20.8 Å². The van der Waals surface area contributed by atoms with Gasteiger partial charge in [0.2, 0.25) is 15.9 Å². The van der Waals surface area contributed by atoms with Gasteiger partial charge in [-0.3, -0.25) is 4.79 Å². The van der Waals surface area contributed by atoms with Crippen molar-refractivity contribution in [2.75, 3.05) is 25.1 Å². The second kappa shape index (κ2) is 5.82. The molecule has 1 atom stereocenters. The molecule has 0 saturated carbocycles. The number of hydrogen-bond acceptors (Lipinski definition) is 4. The van der Waals surface area contributed by atoms with E-state index in [0.29, 0.717) is 6.61 Å². The number of amides is 1. The molecule has 0 radical (unpaired) electrons. The molecule has 1 fully saturated rings. The molecular weight excluding hydrogens is 328 g/mol. The molecule has 0 spiro atoms. The Labute approximate surface area is 143 Å². The zero-order valence-corrected chi connectivity index (χ0v) is 15.4. The summed E-state index contributed by atoms with van der Waals surface area (Å²) >= 11 is 0. The lowest BCUT2D eigenvalue weighted by Gasteiger charge is -2.17. The van der Waals surface area contributed by atoms with Crippen LogP contribution in [0.25, 0.3) is 0 Å². The fraction of sp³-hybridized carbons (Fsp3) is 0.588. The number of ether oxygens (including phenoxy) is 1. The predicted octanol–water partition coefficient (Wildman–Crippen LogP) is 1.71. The van der Waals surface area contributed by atoms with Crippen LogP contribution < -0.4 is 9.62 Å². The lowest BCUT2D eigenvalue weighted by Crippen LogP contribution is -2.33. The van der Waals surface area contributed by atoms with Gasteiger partial charge in [0.05, 0.1) is 22.1 Å². The third-order valence-corrected chi connectivity index (χ3v) is 6.36. The van der Waals surface area contributed by atoms with Gasteiger partial charge in [-0.2, -0.15) is 0 Å². The first-order valence-corrected chi connectivity index (χ1v) is 9.67. The first-order valence-electron chi connectivity index (χ1n) is 8.19. The van der Waals surface area contributed by atoms with Gasteiger partial charge >= 0.3 is 0 Å². The minimum Gasteiger partial charge on any atom is -0.377 e. The largest absolute Gasteiger partial charge is 0.377 e. The van der Waals surface area contributed by atoms with Crippen LogP contribution in [0.4, 0.5) is 5.69 Å². The number of nitrogens with zero attached hydrogens (tertiary/aromatic N) is 1. The fourth-order valence-corrected chi connectivity index (χ4v) is 4.73. The number of aryl methyl sites for hydroxylation is 1. The average Bonchev–Trinajstić information content (AvgIpc) is 3.09. The van der Waals surface area contributed by atoms with Crippen molar-refractivity contribution in [3.8, 4) is 0 Å². The summed E-state index contributed by atoms with van der Waals surface area (Å²) in [6.07, 6.45) is 1.78. The summed E-state index contributed by atoms with van der Waals surface area (Å²) < 4.78 is 33.4. The molecular formula is C17H24N2O4S. The van der Waals surface area contributed by atoms with Gasteiger partial charge in [-0.05, 0) is 56.9 Å². The average molecular weight is 352 g/mol. The van der Waals surface area contributed by atoms with Crippen LogP contribution in [-0.4, -0.2) is 40.6 Å². The molecule has 1 aromatic carbocycles. The van der Waals surface area contributed by atoms with Gasteiger partial charge < -0.3 is 9.64 Å². The van der Waals surface area contributed by atoms with Gasteiger partial charge in [-0.25, -0.2) is 13.1 Å². The van der Waals surface area contributed by atoms with Crippen LogP contribution in [-0.2, 0) is 25.0 Å². The highest BCUT2D eigenvalue weighted by molar-refractivity contribution is 7.89.